The topological polar surface area (TPSA) is 39.1 Å². The van der Waals surface area contributed by atoms with Crippen LogP contribution in [0.4, 0.5) is 13.2 Å². The lowest BCUT2D eigenvalue weighted by Crippen LogP contribution is -2.19. The van der Waals surface area contributed by atoms with Gasteiger partial charge in [-0.1, -0.05) is 0 Å². The number of rotatable bonds is 6. The van der Waals surface area contributed by atoms with Crippen molar-refractivity contribution in [1.82, 2.24) is 15.1 Å². The van der Waals surface area contributed by atoms with E-state index in [-0.39, 0.29) is 6.54 Å². The maximum atomic E-state index is 11.9. The highest BCUT2D eigenvalue weighted by Crippen LogP contribution is 2.21. The molecule has 1 fully saturated rings. The minimum absolute atomic E-state index is 0.107. The fraction of sp³-hybridized carbons (Fsp3) is 0.750. The Labute approximate surface area is 109 Å². The molecule has 2 rings (SSSR count). The van der Waals surface area contributed by atoms with E-state index in [1.165, 1.54) is 12.8 Å². The monoisotopic (exact) mass is 277 g/mol. The highest BCUT2D eigenvalue weighted by atomic mass is 19.4. The van der Waals surface area contributed by atoms with Crippen LogP contribution in [0.25, 0.3) is 0 Å². The number of aryl methyl sites for hydroxylation is 1. The van der Waals surface area contributed by atoms with Gasteiger partial charge in [-0.05, 0) is 26.7 Å². The van der Waals surface area contributed by atoms with Crippen LogP contribution in [0.15, 0.2) is 0 Å². The molecule has 1 aromatic heterocycles. The van der Waals surface area contributed by atoms with Crippen molar-refractivity contribution >= 4 is 0 Å². The average Bonchev–Trinajstić information content (AvgIpc) is 3.06. The molecule has 19 heavy (non-hydrogen) atoms. The largest absolute Gasteiger partial charge is 0.522 e. The summed E-state index contributed by atoms with van der Waals surface area (Å²) >= 11 is 0. The first-order valence-corrected chi connectivity index (χ1v) is 6.34. The first kappa shape index (κ1) is 14.3. The van der Waals surface area contributed by atoms with E-state index in [0.29, 0.717) is 6.04 Å². The zero-order chi connectivity index (χ0) is 14.0. The smallest absolute Gasteiger partial charge is 0.310 e. The number of halogens is 3. The Bertz CT molecular complexity index is 438. The number of nitrogens with one attached hydrogen (secondary N) is 1. The maximum Gasteiger partial charge on any atom is 0.522 e. The number of hydrogen-bond acceptors (Lipinski definition) is 3. The summed E-state index contributed by atoms with van der Waals surface area (Å²) in [5, 5.41) is 7.64. The van der Waals surface area contributed by atoms with Gasteiger partial charge in [-0.15, -0.1) is 13.2 Å². The van der Waals surface area contributed by atoms with Crippen LogP contribution in [0.2, 0.25) is 0 Å². The lowest BCUT2D eigenvalue weighted by Gasteiger charge is -2.09. The molecule has 0 amide bonds. The average molecular weight is 277 g/mol. The Kier molecular flexibility index (Phi) is 4.15. The first-order valence-electron chi connectivity index (χ1n) is 6.34. The molecule has 7 heteroatoms. The number of nitrogens with zero attached hydrogens (tertiary/aromatic N) is 2. The van der Waals surface area contributed by atoms with E-state index < -0.39 is 13.0 Å². The van der Waals surface area contributed by atoms with E-state index in [9.17, 15) is 13.2 Å². The molecule has 0 bridgehead atoms. The Morgan fingerprint density at radius 1 is 1.37 bits per heavy atom. The van der Waals surface area contributed by atoms with Crippen molar-refractivity contribution < 1.29 is 17.9 Å². The number of alkyl halides is 3. The number of aromatic nitrogens is 2. The third kappa shape index (κ3) is 4.21. The van der Waals surface area contributed by atoms with Gasteiger partial charge in [0.1, 0.15) is 0 Å². The molecule has 1 saturated carbocycles. The third-order valence-electron chi connectivity index (χ3n) is 3.25. The second-order valence-electron chi connectivity index (χ2n) is 4.82. The summed E-state index contributed by atoms with van der Waals surface area (Å²) in [6, 6.07) is 0.593. The molecule has 0 atom stereocenters. The molecule has 108 valence electrons. The summed E-state index contributed by atoms with van der Waals surface area (Å²) in [4.78, 5) is 0. The molecule has 1 heterocycles. The van der Waals surface area contributed by atoms with Gasteiger partial charge in [0.2, 0.25) is 0 Å². The van der Waals surface area contributed by atoms with Crippen LogP contribution in [0, 0.1) is 13.8 Å². The summed E-state index contributed by atoms with van der Waals surface area (Å²) in [5.74, 6) is 0. The normalized spacial score (nSPS) is 16.1. The van der Waals surface area contributed by atoms with Gasteiger partial charge in [-0.25, -0.2) is 0 Å². The molecular weight excluding hydrogens is 259 g/mol. The fourth-order valence-electron chi connectivity index (χ4n) is 1.99. The van der Waals surface area contributed by atoms with Gasteiger partial charge in [-0.2, -0.15) is 5.10 Å². The quantitative estimate of drug-likeness (QED) is 0.867. The molecule has 4 nitrogen and oxygen atoms in total. The van der Waals surface area contributed by atoms with E-state index in [1.54, 1.807) is 4.68 Å². The Hall–Kier alpha value is -1.08. The van der Waals surface area contributed by atoms with Crippen molar-refractivity contribution in [2.24, 2.45) is 0 Å². The maximum absolute atomic E-state index is 11.9. The van der Waals surface area contributed by atoms with E-state index >= 15 is 0 Å². The molecule has 0 unspecified atom stereocenters. The van der Waals surface area contributed by atoms with Gasteiger partial charge in [0.05, 0.1) is 18.8 Å². The van der Waals surface area contributed by atoms with Crippen molar-refractivity contribution in [3.8, 4) is 0 Å². The van der Waals surface area contributed by atoms with Gasteiger partial charge >= 0.3 is 6.36 Å². The summed E-state index contributed by atoms with van der Waals surface area (Å²) in [6.45, 7) is 4.16. The van der Waals surface area contributed by atoms with E-state index in [0.717, 1.165) is 23.5 Å². The van der Waals surface area contributed by atoms with Crippen molar-refractivity contribution in [3.05, 3.63) is 17.0 Å². The Morgan fingerprint density at radius 2 is 2.05 bits per heavy atom. The van der Waals surface area contributed by atoms with Gasteiger partial charge in [0.25, 0.3) is 0 Å². The number of ether oxygens (including phenoxy) is 1. The molecule has 0 aromatic carbocycles. The van der Waals surface area contributed by atoms with Gasteiger partial charge < -0.3 is 5.32 Å². The van der Waals surface area contributed by atoms with E-state index in [4.69, 9.17) is 0 Å². The van der Waals surface area contributed by atoms with Crippen LogP contribution in [0.3, 0.4) is 0 Å². The van der Waals surface area contributed by atoms with Crippen LogP contribution < -0.4 is 5.32 Å². The van der Waals surface area contributed by atoms with Crippen LogP contribution in [-0.2, 0) is 17.8 Å². The van der Waals surface area contributed by atoms with E-state index in [2.05, 4.69) is 15.2 Å². The third-order valence-corrected chi connectivity index (χ3v) is 3.25. The molecule has 1 aliphatic carbocycles. The van der Waals surface area contributed by atoms with Crippen LogP contribution >= 0.6 is 0 Å². The van der Waals surface area contributed by atoms with Crippen LogP contribution in [0.1, 0.15) is 29.8 Å². The Morgan fingerprint density at radius 3 is 2.63 bits per heavy atom. The molecule has 1 aromatic rings. The first-order chi connectivity index (χ1) is 8.87. The van der Waals surface area contributed by atoms with Gasteiger partial charge in [0, 0.05) is 23.8 Å². The zero-order valence-corrected chi connectivity index (χ0v) is 11.0. The second kappa shape index (κ2) is 5.50. The lowest BCUT2D eigenvalue weighted by molar-refractivity contribution is -0.325. The van der Waals surface area contributed by atoms with Crippen molar-refractivity contribution in [2.75, 3.05) is 6.61 Å². The van der Waals surface area contributed by atoms with Crippen molar-refractivity contribution in [3.63, 3.8) is 0 Å². The predicted molar refractivity (Wildman–Crippen MR) is 63.6 cm³/mol. The standard InChI is InChI=1S/C12H18F3N3O/c1-8-11(7-16-10-3-4-10)9(2)18(17-8)5-6-19-12(13,14)15/h10,16H,3-7H2,1-2H3. The Balaban J connectivity index is 1.91. The predicted octanol–water partition coefficient (Wildman–Crippen LogP) is 2.29. The minimum Gasteiger partial charge on any atom is -0.310 e. The molecule has 0 spiro atoms. The number of hydrogen-bond donors (Lipinski definition) is 1. The molecule has 0 radical (unpaired) electrons. The van der Waals surface area contributed by atoms with Crippen molar-refractivity contribution in [1.29, 1.82) is 0 Å². The molecule has 1 aliphatic rings. The molecular formula is C12H18F3N3O. The van der Waals surface area contributed by atoms with Crippen LogP contribution in [0.5, 0.6) is 0 Å². The van der Waals surface area contributed by atoms with Gasteiger partial charge in [0.15, 0.2) is 0 Å². The SMILES string of the molecule is Cc1nn(CCOC(F)(F)F)c(C)c1CNC1CC1. The molecule has 0 saturated heterocycles. The summed E-state index contributed by atoms with van der Waals surface area (Å²) in [7, 11) is 0. The second-order valence-corrected chi connectivity index (χ2v) is 4.82. The van der Waals surface area contributed by atoms with Crippen LogP contribution in [-0.4, -0.2) is 28.8 Å². The molecule has 1 N–H and O–H groups in total. The zero-order valence-electron chi connectivity index (χ0n) is 11.0. The van der Waals surface area contributed by atoms with Gasteiger partial charge in [-0.3, -0.25) is 9.42 Å². The lowest BCUT2D eigenvalue weighted by atomic mass is 10.2. The minimum atomic E-state index is -4.58. The van der Waals surface area contributed by atoms with E-state index in [1.807, 2.05) is 13.8 Å². The fourth-order valence-corrected chi connectivity index (χ4v) is 1.99. The molecule has 0 aliphatic heterocycles. The summed E-state index contributed by atoms with van der Waals surface area (Å²) < 4.78 is 41.0. The highest BCUT2D eigenvalue weighted by molar-refractivity contribution is 5.24. The summed E-state index contributed by atoms with van der Waals surface area (Å²) in [5.41, 5.74) is 2.83. The van der Waals surface area contributed by atoms with Crippen molar-refractivity contribution in [2.45, 2.75) is 52.2 Å². The highest BCUT2D eigenvalue weighted by Gasteiger charge is 2.29. The summed E-state index contributed by atoms with van der Waals surface area (Å²) in [6.07, 6.45) is -2.18.